The molecule has 1 heterocycles. The Balaban J connectivity index is 2.08. The third-order valence-corrected chi connectivity index (χ3v) is 4.10. The van der Waals surface area contributed by atoms with Gasteiger partial charge in [-0.25, -0.2) is 0 Å². The molecule has 1 aromatic heterocycles. The molecular weight excluding hydrogens is 330 g/mol. The van der Waals surface area contributed by atoms with Crippen molar-refractivity contribution in [2.45, 2.75) is 13.2 Å². The Hall–Kier alpha value is -3.18. The highest BCUT2D eigenvalue weighted by Crippen LogP contribution is 2.40. The maximum Gasteiger partial charge on any atom is 0.167 e. The second-order valence-electron chi connectivity index (χ2n) is 5.63. The molecule has 5 heteroatoms. The fourth-order valence-electron chi connectivity index (χ4n) is 2.81. The van der Waals surface area contributed by atoms with Gasteiger partial charge < -0.3 is 14.6 Å². The van der Waals surface area contributed by atoms with E-state index in [4.69, 9.17) is 9.47 Å². The number of nitrogens with zero attached hydrogens (tertiary/aromatic N) is 1. The minimum Gasteiger partial charge on any atom is -0.493 e. The molecule has 132 valence electrons. The van der Waals surface area contributed by atoms with Crippen molar-refractivity contribution in [3.63, 3.8) is 0 Å². The lowest BCUT2D eigenvalue weighted by atomic mass is 9.95. The molecule has 3 rings (SSSR count). The molecule has 0 bridgehead atoms. The zero-order chi connectivity index (χ0) is 18.4. The number of ether oxygens (including phenoxy) is 2. The van der Waals surface area contributed by atoms with Gasteiger partial charge in [0.25, 0.3) is 0 Å². The topological polar surface area (TPSA) is 68.7 Å². The predicted molar refractivity (Wildman–Crippen MR) is 98.3 cm³/mol. The summed E-state index contributed by atoms with van der Waals surface area (Å²) in [6.07, 6.45) is 4.03. The number of aldehydes is 1. The molecule has 0 aliphatic heterocycles. The summed E-state index contributed by atoms with van der Waals surface area (Å²) in [5, 5.41) is 9.91. The van der Waals surface area contributed by atoms with Gasteiger partial charge in [0.2, 0.25) is 0 Å². The van der Waals surface area contributed by atoms with E-state index in [0.717, 1.165) is 17.4 Å². The van der Waals surface area contributed by atoms with Gasteiger partial charge in [-0.15, -0.1) is 0 Å². The SMILES string of the molecule is COc1cc(-c2ccncc2)c(C=O)c(CO)c1OCc1ccccc1. The highest BCUT2D eigenvalue weighted by Gasteiger charge is 2.20. The summed E-state index contributed by atoms with van der Waals surface area (Å²) in [7, 11) is 1.53. The van der Waals surface area contributed by atoms with Crippen LogP contribution in [-0.4, -0.2) is 23.5 Å². The van der Waals surface area contributed by atoms with Crippen LogP contribution >= 0.6 is 0 Å². The average molecular weight is 349 g/mol. The lowest BCUT2D eigenvalue weighted by Gasteiger charge is -2.19. The smallest absolute Gasteiger partial charge is 0.167 e. The van der Waals surface area contributed by atoms with E-state index >= 15 is 0 Å². The van der Waals surface area contributed by atoms with E-state index in [1.54, 1.807) is 30.6 Å². The molecule has 0 aliphatic rings. The van der Waals surface area contributed by atoms with Gasteiger partial charge in [-0.3, -0.25) is 9.78 Å². The molecule has 0 saturated heterocycles. The van der Waals surface area contributed by atoms with Crippen LogP contribution in [0.2, 0.25) is 0 Å². The van der Waals surface area contributed by atoms with E-state index in [2.05, 4.69) is 4.98 Å². The molecule has 0 radical (unpaired) electrons. The Morgan fingerprint density at radius 2 is 1.85 bits per heavy atom. The lowest BCUT2D eigenvalue weighted by Crippen LogP contribution is -2.06. The summed E-state index contributed by atoms with van der Waals surface area (Å²) in [6.45, 7) is -0.0371. The Morgan fingerprint density at radius 3 is 2.46 bits per heavy atom. The van der Waals surface area contributed by atoms with Gasteiger partial charge in [0.1, 0.15) is 6.61 Å². The van der Waals surface area contributed by atoms with Gasteiger partial charge in [0, 0.05) is 23.5 Å². The normalized spacial score (nSPS) is 10.4. The minimum atomic E-state index is -0.340. The minimum absolute atomic E-state index is 0.303. The summed E-state index contributed by atoms with van der Waals surface area (Å²) in [5.74, 6) is 0.834. The first-order chi connectivity index (χ1) is 12.8. The van der Waals surface area contributed by atoms with Crippen LogP contribution in [0.5, 0.6) is 11.5 Å². The van der Waals surface area contributed by atoms with Gasteiger partial charge in [-0.05, 0) is 34.9 Å². The van der Waals surface area contributed by atoms with Crippen molar-refractivity contribution in [2.24, 2.45) is 0 Å². The van der Waals surface area contributed by atoms with E-state index in [1.807, 2.05) is 30.3 Å². The summed E-state index contributed by atoms with van der Waals surface area (Å²) in [5.41, 5.74) is 3.23. The Bertz CT molecular complexity index is 880. The number of aliphatic hydroxyl groups is 1. The van der Waals surface area contributed by atoms with Gasteiger partial charge in [-0.1, -0.05) is 30.3 Å². The molecule has 5 nitrogen and oxygen atoms in total. The van der Waals surface area contributed by atoms with Crippen LogP contribution in [0.4, 0.5) is 0 Å². The zero-order valence-electron chi connectivity index (χ0n) is 14.4. The van der Waals surface area contributed by atoms with Gasteiger partial charge in [0.05, 0.1) is 13.7 Å². The standard InChI is InChI=1S/C21H19NO4/c1-25-20-11-17(16-7-9-22-10-8-16)18(12-23)19(13-24)21(20)26-14-15-5-3-2-4-6-15/h2-12,24H,13-14H2,1H3. The van der Waals surface area contributed by atoms with E-state index in [-0.39, 0.29) is 6.61 Å². The third kappa shape index (κ3) is 3.58. The summed E-state index contributed by atoms with van der Waals surface area (Å²) in [4.78, 5) is 15.8. The Morgan fingerprint density at radius 1 is 1.12 bits per heavy atom. The van der Waals surface area contributed by atoms with Crippen LogP contribution < -0.4 is 9.47 Å². The first-order valence-electron chi connectivity index (χ1n) is 8.15. The van der Waals surface area contributed by atoms with Crippen molar-refractivity contribution >= 4 is 6.29 Å². The lowest BCUT2D eigenvalue weighted by molar-refractivity contribution is 0.112. The molecule has 3 aromatic rings. The summed E-state index contributed by atoms with van der Waals surface area (Å²) < 4.78 is 11.4. The van der Waals surface area contributed by atoms with E-state index in [1.165, 1.54) is 7.11 Å². The van der Waals surface area contributed by atoms with Crippen LogP contribution in [0.3, 0.4) is 0 Å². The number of carbonyl (C=O) groups excluding carboxylic acids is 1. The summed E-state index contributed by atoms with van der Waals surface area (Å²) >= 11 is 0. The van der Waals surface area contributed by atoms with E-state index in [0.29, 0.717) is 34.8 Å². The van der Waals surface area contributed by atoms with E-state index in [9.17, 15) is 9.90 Å². The zero-order valence-corrected chi connectivity index (χ0v) is 14.4. The van der Waals surface area contributed by atoms with Gasteiger partial charge in [0.15, 0.2) is 17.8 Å². The van der Waals surface area contributed by atoms with Crippen LogP contribution in [0, 0.1) is 0 Å². The second-order valence-corrected chi connectivity index (χ2v) is 5.63. The number of benzene rings is 2. The van der Waals surface area contributed by atoms with Crippen LogP contribution in [0.1, 0.15) is 21.5 Å². The molecule has 0 aliphatic carbocycles. The maximum atomic E-state index is 11.8. The van der Waals surface area contributed by atoms with Gasteiger partial charge >= 0.3 is 0 Å². The van der Waals surface area contributed by atoms with Crippen molar-refractivity contribution in [1.29, 1.82) is 0 Å². The van der Waals surface area contributed by atoms with Crippen LogP contribution in [0.15, 0.2) is 60.9 Å². The monoisotopic (exact) mass is 349 g/mol. The van der Waals surface area contributed by atoms with Gasteiger partial charge in [-0.2, -0.15) is 0 Å². The molecule has 0 fully saturated rings. The molecule has 0 amide bonds. The van der Waals surface area contributed by atoms with Crippen molar-refractivity contribution in [3.05, 3.63) is 77.6 Å². The molecule has 0 atom stereocenters. The Labute approximate surface area is 151 Å². The number of carbonyl (C=O) groups is 1. The third-order valence-electron chi connectivity index (χ3n) is 4.10. The fourth-order valence-corrected chi connectivity index (χ4v) is 2.81. The first-order valence-corrected chi connectivity index (χ1v) is 8.15. The molecule has 2 aromatic carbocycles. The number of rotatable bonds is 7. The van der Waals surface area contributed by atoms with Crippen molar-refractivity contribution < 1.29 is 19.4 Å². The van der Waals surface area contributed by atoms with Crippen molar-refractivity contribution in [1.82, 2.24) is 4.98 Å². The molecule has 0 unspecified atom stereocenters. The molecule has 26 heavy (non-hydrogen) atoms. The molecular formula is C21H19NO4. The number of aliphatic hydroxyl groups excluding tert-OH is 1. The molecule has 0 spiro atoms. The number of methoxy groups -OCH3 is 1. The highest BCUT2D eigenvalue weighted by molar-refractivity contribution is 5.91. The number of aromatic nitrogens is 1. The molecule has 0 saturated carbocycles. The maximum absolute atomic E-state index is 11.8. The summed E-state index contributed by atoms with van der Waals surface area (Å²) in [6, 6.07) is 15.0. The number of pyridine rings is 1. The average Bonchev–Trinajstić information content (AvgIpc) is 2.72. The van der Waals surface area contributed by atoms with Crippen molar-refractivity contribution in [2.75, 3.05) is 7.11 Å². The number of hydrogen-bond donors (Lipinski definition) is 1. The van der Waals surface area contributed by atoms with Crippen molar-refractivity contribution in [3.8, 4) is 22.6 Å². The Kier molecular flexibility index (Phi) is 5.61. The predicted octanol–water partition coefficient (Wildman–Crippen LogP) is 3.64. The quantitative estimate of drug-likeness (QED) is 0.660. The second kappa shape index (κ2) is 8.27. The largest absolute Gasteiger partial charge is 0.493 e. The number of hydrogen-bond acceptors (Lipinski definition) is 5. The highest BCUT2D eigenvalue weighted by atomic mass is 16.5. The first kappa shape index (κ1) is 17.6. The van der Waals surface area contributed by atoms with E-state index < -0.39 is 0 Å². The van der Waals surface area contributed by atoms with Crippen LogP contribution in [-0.2, 0) is 13.2 Å². The van der Waals surface area contributed by atoms with Crippen LogP contribution in [0.25, 0.3) is 11.1 Å². The fraction of sp³-hybridized carbons (Fsp3) is 0.143. The molecule has 1 N–H and O–H groups in total.